The van der Waals surface area contributed by atoms with Crippen molar-refractivity contribution in [2.75, 3.05) is 0 Å². The summed E-state index contributed by atoms with van der Waals surface area (Å²) in [5, 5.41) is 22.2. The molecule has 108 valence electrons. The molecule has 0 aliphatic rings. The molecule has 22 heavy (non-hydrogen) atoms. The van der Waals surface area contributed by atoms with Crippen LogP contribution in [0.3, 0.4) is 0 Å². The van der Waals surface area contributed by atoms with E-state index in [1.807, 2.05) is 36.4 Å². The topological polar surface area (TPSA) is 76.5 Å². The lowest BCUT2D eigenvalue weighted by Gasteiger charge is -2.02. The first kappa shape index (κ1) is 12.6. The third-order valence-electron chi connectivity index (χ3n) is 3.40. The van der Waals surface area contributed by atoms with Crippen LogP contribution in [0.2, 0.25) is 0 Å². The van der Waals surface area contributed by atoms with Crippen LogP contribution in [0, 0.1) is 0 Å². The Balaban J connectivity index is 1.74. The van der Waals surface area contributed by atoms with Gasteiger partial charge in [-0.3, -0.25) is 0 Å². The summed E-state index contributed by atoms with van der Waals surface area (Å²) in [4.78, 5) is 0. The van der Waals surface area contributed by atoms with Crippen molar-refractivity contribution in [1.82, 2.24) is 19.8 Å². The summed E-state index contributed by atoms with van der Waals surface area (Å²) in [6, 6.07) is 14.4. The van der Waals surface area contributed by atoms with Crippen LogP contribution in [0.1, 0.15) is 11.4 Å². The third-order valence-corrected chi connectivity index (χ3v) is 3.40. The Bertz CT molecular complexity index is 911. The minimum Gasteiger partial charge on any atom is -0.508 e. The number of phenolic OH excluding ortho intramolecular Hbond substituents is 1. The van der Waals surface area contributed by atoms with Crippen molar-refractivity contribution in [3.05, 3.63) is 66.2 Å². The van der Waals surface area contributed by atoms with Gasteiger partial charge >= 0.3 is 0 Å². The summed E-state index contributed by atoms with van der Waals surface area (Å²) in [6.07, 6.45) is 2.20. The fourth-order valence-electron chi connectivity index (χ4n) is 2.30. The highest BCUT2D eigenvalue weighted by Gasteiger charge is 2.10. The van der Waals surface area contributed by atoms with Crippen molar-refractivity contribution < 1.29 is 9.52 Å². The normalized spacial score (nSPS) is 11.1. The number of rotatable bonds is 3. The van der Waals surface area contributed by atoms with Gasteiger partial charge in [0, 0.05) is 6.42 Å². The van der Waals surface area contributed by atoms with E-state index in [9.17, 15) is 5.11 Å². The zero-order valence-electron chi connectivity index (χ0n) is 11.5. The Kier molecular flexibility index (Phi) is 2.86. The molecule has 4 rings (SSSR count). The number of phenols is 1. The molecule has 0 aliphatic heterocycles. The smallest absolute Gasteiger partial charge is 0.177 e. The van der Waals surface area contributed by atoms with Crippen LogP contribution in [0.5, 0.6) is 5.75 Å². The van der Waals surface area contributed by atoms with Crippen molar-refractivity contribution in [3.8, 4) is 17.2 Å². The molecule has 6 heteroatoms. The molecular weight excluding hydrogens is 280 g/mol. The second-order valence-corrected chi connectivity index (χ2v) is 4.93. The van der Waals surface area contributed by atoms with E-state index in [-0.39, 0.29) is 5.75 Å². The van der Waals surface area contributed by atoms with Crippen LogP contribution < -0.4 is 0 Å². The second kappa shape index (κ2) is 5.00. The second-order valence-electron chi connectivity index (χ2n) is 4.93. The number of aromatic hydroxyl groups is 1. The molecule has 0 unspecified atom stereocenters. The van der Waals surface area contributed by atoms with Crippen LogP contribution in [0.4, 0.5) is 0 Å². The first-order valence-corrected chi connectivity index (χ1v) is 6.83. The molecule has 0 aliphatic carbocycles. The van der Waals surface area contributed by atoms with Crippen molar-refractivity contribution >= 4 is 5.65 Å². The van der Waals surface area contributed by atoms with Gasteiger partial charge in [-0.15, -0.1) is 10.2 Å². The molecule has 4 aromatic rings. The molecule has 1 N–H and O–H groups in total. The predicted octanol–water partition coefficient (Wildman–Crippen LogP) is 2.68. The minimum atomic E-state index is 0.244. The molecule has 3 aromatic heterocycles. The standard InChI is InChI=1S/C16H12N4O2/c21-12-5-3-11(4-6-12)10-16-18-17-15-8-7-13(19-20(15)16)14-2-1-9-22-14/h1-9,21H,10H2. The SMILES string of the molecule is Oc1ccc(Cc2nnc3ccc(-c4ccco4)nn23)cc1. The predicted molar refractivity (Wildman–Crippen MR) is 79.4 cm³/mol. The number of benzene rings is 1. The molecule has 0 atom stereocenters. The van der Waals surface area contributed by atoms with E-state index < -0.39 is 0 Å². The van der Waals surface area contributed by atoms with E-state index in [0.717, 1.165) is 17.1 Å². The van der Waals surface area contributed by atoms with Crippen molar-refractivity contribution in [1.29, 1.82) is 0 Å². The lowest BCUT2D eigenvalue weighted by atomic mass is 10.1. The van der Waals surface area contributed by atoms with Gasteiger partial charge in [0.15, 0.2) is 17.2 Å². The lowest BCUT2D eigenvalue weighted by molar-refractivity contribution is 0.475. The Morgan fingerprint density at radius 2 is 1.86 bits per heavy atom. The summed E-state index contributed by atoms with van der Waals surface area (Å²) in [5.41, 5.74) is 2.44. The van der Waals surface area contributed by atoms with E-state index in [0.29, 0.717) is 17.8 Å². The molecule has 0 spiro atoms. The van der Waals surface area contributed by atoms with Gasteiger partial charge in [-0.25, -0.2) is 0 Å². The largest absolute Gasteiger partial charge is 0.508 e. The summed E-state index contributed by atoms with van der Waals surface area (Å²) < 4.78 is 7.08. The molecule has 0 amide bonds. The first-order chi connectivity index (χ1) is 10.8. The lowest BCUT2D eigenvalue weighted by Crippen LogP contribution is -2.01. The fraction of sp³-hybridized carbons (Fsp3) is 0.0625. The molecule has 1 aromatic carbocycles. The highest BCUT2D eigenvalue weighted by Crippen LogP contribution is 2.18. The Morgan fingerprint density at radius 1 is 1.00 bits per heavy atom. The van der Waals surface area contributed by atoms with Gasteiger partial charge in [-0.2, -0.15) is 9.61 Å². The van der Waals surface area contributed by atoms with Crippen LogP contribution >= 0.6 is 0 Å². The summed E-state index contributed by atoms with van der Waals surface area (Å²) >= 11 is 0. The van der Waals surface area contributed by atoms with Crippen molar-refractivity contribution in [2.24, 2.45) is 0 Å². The van der Waals surface area contributed by atoms with Gasteiger partial charge in [-0.05, 0) is 42.0 Å². The number of nitrogens with zero attached hydrogens (tertiary/aromatic N) is 4. The molecular formula is C16H12N4O2. The average molecular weight is 292 g/mol. The minimum absolute atomic E-state index is 0.244. The van der Waals surface area contributed by atoms with Gasteiger partial charge < -0.3 is 9.52 Å². The number of furan rings is 1. The highest BCUT2D eigenvalue weighted by atomic mass is 16.3. The number of fused-ring (bicyclic) bond motifs is 1. The van der Waals surface area contributed by atoms with E-state index in [1.54, 1.807) is 22.9 Å². The first-order valence-electron chi connectivity index (χ1n) is 6.83. The van der Waals surface area contributed by atoms with E-state index >= 15 is 0 Å². The number of hydrogen-bond donors (Lipinski definition) is 1. The van der Waals surface area contributed by atoms with Gasteiger partial charge in [-0.1, -0.05) is 12.1 Å². The quantitative estimate of drug-likeness (QED) is 0.628. The Morgan fingerprint density at radius 3 is 2.64 bits per heavy atom. The molecule has 0 radical (unpaired) electrons. The Hall–Kier alpha value is -3.15. The molecule has 6 nitrogen and oxygen atoms in total. The van der Waals surface area contributed by atoms with Gasteiger partial charge in [0.25, 0.3) is 0 Å². The van der Waals surface area contributed by atoms with E-state index in [2.05, 4.69) is 15.3 Å². The van der Waals surface area contributed by atoms with Crippen LogP contribution in [-0.2, 0) is 6.42 Å². The molecule has 0 saturated heterocycles. The summed E-state index contributed by atoms with van der Waals surface area (Å²) in [6.45, 7) is 0. The Labute approximate surface area is 125 Å². The summed E-state index contributed by atoms with van der Waals surface area (Å²) in [7, 11) is 0. The van der Waals surface area contributed by atoms with Gasteiger partial charge in [0.1, 0.15) is 11.4 Å². The molecule has 0 saturated carbocycles. The molecule has 0 fully saturated rings. The maximum atomic E-state index is 9.34. The zero-order valence-corrected chi connectivity index (χ0v) is 11.5. The van der Waals surface area contributed by atoms with Crippen LogP contribution in [-0.4, -0.2) is 24.9 Å². The van der Waals surface area contributed by atoms with E-state index in [4.69, 9.17) is 4.42 Å². The third kappa shape index (κ3) is 2.20. The molecule has 3 heterocycles. The fourth-order valence-corrected chi connectivity index (χ4v) is 2.30. The molecule has 0 bridgehead atoms. The van der Waals surface area contributed by atoms with Crippen LogP contribution in [0.25, 0.3) is 17.1 Å². The summed E-state index contributed by atoms with van der Waals surface area (Å²) in [5.74, 6) is 1.67. The average Bonchev–Trinajstić information content (AvgIpc) is 3.19. The zero-order chi connectivity index (χ0) is 14.9. The number of hydrogen-bond acceptors (Lipinski definition) is 5. The van der Waals surface area contributed by atoms with Gasteiger partial charge in [0.2, 0.25) is 0 Å². The number of aromatic nitrogens is 4. The van der Waals surface area contributed by atoms with Crippen LogP contribution in [0.15, 0.2) is 59.2 Å². The van der Waals surface area contributed by atoms with Crippen molar-refractivity contribution in [2.45, 2.75) is 6.42 Å². The van der Waals surface area contributed by atoms with E-state index in [1.165, 1.54) is 0 Å². The monoisotopic (exact) mass is 292 g/mol. The maximum Gasteiger partial charge on any atom is 0.177 e. The van der Waals surface area contributed by atoms with Crippen molar-refractivity contribution in [3.63, 3.8) is 0 Å². The highest BCUT2D eigenvalue weighted by molar-refractivity contribution is 5.54. The maximum absolute atomic E-state index is 9.34. The van der Waals surface area contributed by atoms with Gasteiger partial charge in [0.05, 0.1) is 6.26 Å².